The van der Waals surface area contributed by atoms with Crippen LogP contribution in [0.15, 0.2) is 48.7 Å². The number of aromatic nitrogens is 1. The third-order valence-corrected chi connectivity index (χ3v) is 6.88. The molecule has 0 bridgehead atoms. The normalized spacial score (nSPS) is 17.7. The maximum Gasteiger partial charge on any atom is 0.337 e. The molecule has 0 radical (unpaired) electrons. The Balaban J connectivity index is 1.50. The van der Waals surface area contributed by atoms with Crippen LogP contribution in [-0.2, 0) is 28.9 Å². The number of ether oxygens (including phenoxy) is 2. The number of likely N-dealkylation sites (tertiary alicyclic amines) is 1. The second-order valence-electron chi connectivity index (χ2n) is 9.56. The summed E-state index contributed by atoms with van der Waals surface area (Å²) in [4.78, 5) is 26.2. The van der Waals surface area contributed by atoms with Crippen LogP contribution in [-0.4, -0.2) is 58.9 Å². The van der Waals surface area contributed by atoms with Crippen molar-refractivity contribution in [2.75, 3.05) is 26.8 Å². The molecule has 1 unspecified atom stereocenters. The Morgan fingerprint density at radius 2 is 1.83 bits per heavy atom. The molecule has 2 aromatic carbocycles. The number of carbonyl (C=O) groups is 2. The van der Waals surface area contributed by atoms with Crippen LogP contribution < -0.4 is 4.74 Å². The Hall–Kier alpha value is -3.32. The maximum atomic E-state index is 12.8. The minimum atomic E-state index is -1.32. The van der Waals surface area contributed by atoms with E-state index in [0.29, 0.717) is 50.3 Å². The molecule has 0 aliphatic carbocycles. The van der Waals surface area contributed by atoms with Gasteiger partial charge in [-0.05, 0) is 60.4 Å². The van der Waals surface area contributed by atoms with Gasteiger partial charge in [-0.3, -0.25) is 4.79 Å². The number of amides is 1. The van der Waals surface area contributed by atoms with Crippen molar-refractivity contribution >= 4 is 22.8 Å². The number of esters is 1. The summed E-state index contributed by atoms with van der Waals surface area (Å²) in [6, 6.07) is 13.2. The molecule has 1 amide bonds. The minimum absolute atomic E-state index is 0.153. The Morgan fingerprint density at radius 3 is 2.53 bits per heavy atom. The third-order valence-electron chi connectivity index (χ3n) is 6.88. The molecule has 192 valence electrons. The van der Waals surface area contributed by atoms with E-state index in [-0.39, 0.29) is 11.9 Å². The van der Waals surface area contributed by atoms with Gasteiger partial charge in [0.15, 0.2) is 0 Å². The van der Waals surface area contributed by atoms with Crippen LogP contribution in [0.4, 0.5) is 0 Å². The smallest absolute Gasteiger partial charge is 0.337 e. The van der Waals surface area contributed by atoms with Crippen LogP contribution in [0.1, 0.15) is 54.6 Å². The Morgan fingerprint density at radius 1 is 1.08 bits per heavy atom. The number of nitrogens with zero attached hydrogens (tertiary/aromatic N) is 2. The fourth-order valence-corrected chi connectivity index (χ4v) is 5.04. The highest BCUT2D eigenvalue weighted by atomic mass is 16.5. The van der Waals surface area contributed by atoms with Crippen LogP contribution in [0.5, 0.6) is 5.75 Å². The minimum Gasteiger partial charge on any atom is -0.493 e. The highest BCUT2D eigenvalue weighted by Crippen LogP contribution is 2.30. The molecule has 1 aliphatic rings. The Labute approximate surface area is 212 Å². The number of aliphatic hydroxyl groups is 1. The van der Waals surface area contributed by atoms with Gasteiger partial charge in [0.2, 0.25) is 0 Å². The first-order chi connectivity index (χ1) is 17.4. The topological polar surface area (TPSA) is 81.0 Å². The lowest BCUT2D eigenvalue weighted by molar-refractivity contribution is -0.143. The number of hydrogen-bond acceptors (Lipinski definition) is 5. The second kappa shape index (κ2) is 11.2. The predicted molar refractivity (Wildman–Crippen MR) is 139 cm³/mol. The number of hydrogen-bond donors (Lipinski definition) is 1. The summed E-state index contributed by atoms with van der Waals surface area (Å²) in [5, 5.41) is 12.3. The molecule has 1 saturated heterocycles. The van der Waals surface area contributed by atoms with Gasteiger partial charge >= 0.3 is 5.97 Å². The van der Waals surface area contributed by atoms with E-state index in [1.54, 1.807) is 29.2 Å². The molecule has 1 aromatic heterocycles. The van der Waals surface area contributed by atoms with Crippen molar-refractivity contribution in [3.05, 3.63) is 65.4 Å². The quantitative estimate of drug-likeness (QED) is 0.402. The second-order valence-corrected chi connectivity index (χ2v) is 9.56. The lowest BCUT2D eigenvalue weighted by atomic mass is 9.92. The number of fused-ring (bicyclic) bond motifs is 1. The number of benzene rings is 2. The van der Waals surface area contributed by atoms with Crippen molar-refractivity contribution in [2.24, 2.45) is 0 Å². The summed E-state index contributed by atoms with van der Waals surface area (Å²) in [6.07, 6.45) is 5.59. The van der Waals surface area contributed by atoms with Crippen molar-refractivity contribution in [3.63, 3.8) is 0 Å². The van der Waals surface area contributed by atoms with E-state index in [9.17, 15) is 14.7 Å². The molecule has 36 heavy (non-hydrogen) atoms. The zero-order chi connectivity index (χ0) is 25.7. The lowest BCUT2D eigenvalue weighted by Crippen LogP contribution is -2.42. The molecule has 1 fully saturated rings. The Kier molecular flexibility index (Phi) is 7.99. The standard InChI is InChI=1S/C29H36N2O5/c1-4-14-30-16-13-29(34,28(30)33)19-21-6-11-26-25(18-21)23(20-31(26)15-5-2)12-17-36-24-9-7-22(8-10-24)27(32)35-3/h6-11,18,20,34H,4-5,12-17,19H2,1-3H3. The van der Waals surface area contributed by atoms with Crippen molar-refractivity contribution in [1.29, 1.82) is 0 Å². The third kappa shape index (κ3) is 5.41. The van der Waals surface area contributed by atoms with Gasteiger partial charge in [-0.2, -0.15) is 0 Å². The summed E-state index contributed by atoms with van der Waals surface area (Å²) < 4.78 is 12.9. The maximum absolute atomic E-state index is 12.8. The molecule has 1 aliphatic heterocycles. The number of methoxy groups -OCH3 is 1. The highest BCUT2D eigenvalue weighted by Gasteiger charge is 2.44. The number of aryl methyl sites for hydroxylation is 1. The van der Waals surface area contributed by atoms with Gasteiger partial charge in [0.1, 0.15) is 11.4 Å². The molecular weight excluding hydrogens is 456 g/mol. The molecule has 4 rings (SSSR count). The van der Waals surface area contributed by atoms with E-state index >= 15 is 0 Å². The van der Waals surface area contributed by atoms with Gasteiger partial charge < -0.3 is 24.0 Å². The van der Waals surface area contributed by atoms with Crippen molar-refractivity contribution in [3.8, 4) is 5.75 Å². The van der Waals surface area contributed by atoms with Crippen LogP contribution >= 0.6 is 0 Å². The van der Waals surface area contributed by atoms with E-state index in [2.05, 4.69) is 29.8 Å². The zero-order valence-corrected chi connectivity index (χ0v) is 21.5. The molecule has 0 saturated carbocycles. The largest absolute Gasteiger partial charge is 0.493 e. The average Bonchev–Trinajstić information content (AvgIpc) is 3.36. The van der Waals surface area contributed by atoms with Gasteiger partial charge in [-0.25, -0.2) is 4.79 Å². The summed E-state index contributed by atoms with van der Waals surface area (Å²) in [5.41, 5.74) is 2.44. The molecular formula is C29H36N2O5. The lowest BCUT2D eigenvalue weighted by Gasteiger charge is -2.22. The molecule has 2 heterocycles. The van der Waals surface area contributed by atoms with Gasteiger partial charge in [0, 0.05) is 56.0 Å². The summed E-state index contributed by atoms with van der Waals surface area (Å²) in [7, 11) is 1.36. The van der Waals surface area contributed by atoms with Crippen molar-refractivity contribution in [1.82, 2.24) is 9.47 Å². The van der Waals surface area contributed by atoms with E-state index in [1.165, 1.54) is 12.7 Å². The van der Waals surface area contributed by atoms with E-state index in [4.69, 9.17) is 9.47 Å². The average molecular weight is 493 g/mol. The van der Waals surface area contributed by atoms with Crippen molar-refractivity contribution < 1.29 is 24.2 Å². The van der Waals surface area contributed by atoms with E-state index in [0.717, 1.165) is 35.9 Å². The van der Waals surface area contributed by atoms with Crippen LogP contribution in [0.3, 0.4) is 0 Å². The SMILES string of the molecule is CCCN1CCC(O)(Cc2ccc3c(c2)c(CCOc2ccc(C(=O)OC)cc2)cn3CCC)C1=O. The number of carbonyl (C=O) groups excluding carboxylic acids is 2. The van der Waals surface area contributed by atoms with Gasteiger partial charge in [0.05, 0.1) is 19.3 Å². The van der Waals surface area contributed by atoms with E-state index in [1.807, 2.05) is 13.0 Å². The summed E-state index contributed by atoms with van der Waals surface area (Å²) >= 11 is 0. The first-order valence-electron chi connectivity index (χ1n) is 12.8. The first-order valence-corrected chi connectivity index (χ1v) is 12.8. The van der Waals surface area contributed by atoms with Crippen LogP contribution in [0.25, 0.3) is 10.9 Å². The van der Waals surface area contributed by atoms with Gasteiger partial charge in [-0.15, -0.1) is 0 Å². The highest BCUT2D eigenvalue weighted by molar-refractivity contribution is 5.89. The predicted octanol–water partition coefficient (Wildman–Crippen LogP) is 4.38. The monoisotopic (exact) mass is 492 g/mol. The molecule has 3 aromatic rings. The molecule has 1 atom stereocenters. The van der Waals surface area contributed by atoms with Gasteiger partial charge in [-0.1, -0.05) is 19.9 Å². The zero-order valence-electron chi connectivity index (χ0n) is 21.5. The molecule has 7 heteroatoms. The molecule has 7 nitrogen and oxygen atoms in total. The van der Waals surface area contributed by atoms with Crippen LogP contribution in [0.2, 0.25) is 0 Å². The number of rotatable bonds is 11. The molecule has 1 N–H and O–H groups in total. The van der Waals surface area contributed by atoms with Gasteiger partial charge in [0.25, 0.3) is 5.91 Å². The Bertz CT molecular complexity index is 1220. The van der Waals surface area contributed by atoms with Crippen molar-refractivity contribution in [2.45, 2.75) is 58.1 Å². The summed E-state index contributed by atoms with van der Waals surface area (Å²) in [6.45, 7) is 6.91. The van der Waals surface area contributed by atoms with Crippen LogP contribution in [0, 0.1) is 0 Å². The fourth-order valence-electron chi connectivity index (χ4n) is 5.04. The molecule has 0 spiro atoms. The summed E-state index contributed by atoms with van der Waals surface area (Å²) in [5.74, 6) is 0.169. The fraction of sp³-hybridized carbons (Fsp3) is 0.448. The van der Waals surface area contributed by atoms with E-state index < -0.39 is 5.60 Å². The first kappa shape index (κ1) is 25.8.